The van der Waals surface area contributed by atoms with Crippen LogP contribution in [0.5, 0.6) is 0 Å². The van der Waals surface area contributed by atoms with E-state index in [-0.39, 0.29) is 18.7 Å². The van der Waals surface area contributed by atoms with E-state index in [1.54, 1.807) is 0 Å². The molecule has 35 heavy (non-hydrogen) atoms. The van der Waals surface area contributed by atoms with E-state index in [0.29, 0.717) is 11.1 Å². The van der Waals surface area contributed by atoms with Crippen LogP contribution >= 0.6 is 0 Å². The zero-order valence-corrected chi connectivity index (χ0v) is 19.5. The first-order valence-corrected chi connectivity index (χ1v) is 12.5. The van der Waals surface area contributed by atoms with Crippen LogP contribution < -0.4 is 0 Å². The van der Waals surface area contributed by atoms with Crippen molar-refractivity contribution in [3.63, 3.8) is 0 Å². The summed E-state index contributed by atoms with van der Waals surface area (Å²) in [6.45, 7) is 1.14. The highest BCUT2D eigenvalue weighted by atomic mass is 32.2. The number of aromatic nitrogens is 3. The van der Waals surface area contributed by atoms with Crippen LogP contribution in [0, 0.1) is 11.3 Å². The molecule has 5 rings (SSSR count). The molecule has 2 aliphatic rings. The Morgan fingerprint density at radius 3 is 2.29 bits per heavy atom. The number of rotatable bonds is 6. The molecule has 3 aromatic rings. The fourth-order valence-corrected chi connectivity index (χ4v) is 7.14. The topological polar surface area (TPSA) is 135 Å². The Hall–Kier alpha value is -4.04. The van der Waals surface area contributed by atoms with Gasteiger partial charge >= 0.3 is 5.97 Å². The number of β-lactam (4-membered cyclic amide) rings is 1. The molecule has 0 N–H and O–H groups in total. The molecule has 3 heterocycles. The highest BCUT2D eigenvalue weighted by Crippen LogP contribution is 2.47. The van der Waals surface area contributed by atoms with Gasteiger partial charge in [-0.1, -0.05) is 65.9 Å². The average molecular weight is 492 g/mol. The maximum Gasteiger partial charge on any atom is 0.331 e. The zero-order chi connectivity index (χ0) is 24.8. The summed E-state index contributed by atoms with van der Waals surface area (Å²) in [5, 5.41) is 15.5. The van der Waals surface area contributed by atoms with Gasteiger partial charge in [0.15, 0.2) is 27.7 Å². The molecule has 11 heteroatoms. The van der Waals surface area contributed by atoms with Crippen molar-refractivity contribution in [2.45, 2.75) is 42.2 Å². The van der Waals surface area contributed by atoms with Gasteiger partial charge in [-0.3, -0.25) is 4.79 Å². The number of carbonyl (C=O) groups is 2. The van der Waals surface area contributed by atoms with Gasteiger partial charge < -0.3 is 9.64 Å². The third-order valence-corrected chi connectivity index (χ3v) is 9.37. The largest absolute Gasteiger partial charge is 0.451 e. The van der Waals surface area contributed by atoms with Crippen molar-refractivity contribution >= 4 is 21.7 Å². The number of esters is 1. The van der Waals surface area contributed by atoms with E-state index < -0.39 is 44.0 Å². The van der Waals surface area contributed by atoms with Crippen LogP contribution in [0.3, 0.4) is 0 Å². The Labute approximate surface area is 201 Å². The monoisotopic (exact) mass is 491 g/mol. The number of carbonyl (C=O) groups excluding carboxylic acids is 2. The number of nitriles is 1. The summed E-state index contributed by atoms with van der Waals surface area (Å²) in [5.41, 5.74) is 1.42. The summed E-state index contributed by atoms with van der Waals surface area (Å²) in [6, 6.07) is 18.6. The number of nitrogens with zero attached hydrogens (tertiary/aromatic N) is 5. The summed E-state index contributed by atoms with van der Waals surface area (Å²) < 4.78 is 32.5. The summed E-state index contributed by atoms with van der Waals surface area (Å²) >= 11 is 0. The molecule has 1 aromatic heterocycles. The van der Waals surface area contributed by atoms with Crippen LogP contribution in [0.1, 0.15) is 36.3 Å². The van der Waals surface area contributed by atoms with E-state index in [9.17, 15) is 18.0 Å². The van der Waals surface area contributed by atoms with Crippen LogP contribution in [0.2, 0.25) is 0 Å². The SMILES string of the molecule is C[C@]1(Cn2cc(C#N)nn2)[C@H](C(=O)OC(c2ccccc2)c2ccccc2)N2C(=O)C[C@H]2S1(=O)=O. The Balaban J connectivity index is 1.54. The molecule has 0 spiro atoms. The number of hydrogen-bond donors (Lipinski definition) is 0. The van der Waals surface area contributed by atoms with E-state index in [2.05, 4.69) is 10.3 Å². The van der Waals surface area contributed by atoms with Crippen molar-refractivity contribution in [2.75, 3.05) is 0 Å². The molecule has 0 bridgehead atoms. The lowest BCUT2D eigenvalue weighted by Crippen LogP contribution is -2.58. The number of benzene rings is 2. The third kappa shape index (κ3) is 3.57. The van der Waals surface area contributed by atoms with Gasteiger partial charge in [0.25, 0.3) is 0 Å². The van der Waals surface area contributed by atoms with E-state index in [1.165, 1.54) is 17.8 Å². The molecular formula is C24H21N5O5S. The first kappa shape index (κ1) is 22.7. The van der Waals surface area contributed by atoms with Gasteiger partial charge in [0.05, 0.1) is 19.2 Å². The summed E-state index contributed by atoms with van der Waals surface area (Å²) in [5.74, 6) is -1.26. The zero-order valence-electron chi connectivity index (χ0n) is 18.7. The van der Waals surface area contributed by atoms with E-state index in [4.69, 9.17) is 10.00 Å². The smallest absolute Gasteiger partial charge is 0.331 e. The number of sulfone groups is 1. The van der Waals surface area contributed by atoms with Gasteiger partial charge in [-0.15, -0.1) is 5.10 Å². The molecule has 2 aromatic carbocycles. The molecule has 0 saturated carbocycles. The minimum atomic E-state index is -3.98. The van der Waals surface area contributed by atoms with E-state index in [0.717, 1.165) is 4.90 Å². The molecule has 2 aliphatic heterocycles. The Morgan fingerprint density at radius 1 is 1.17 bits per heavy atom. The molecular weight excluding hydrogens is 470 g/mol. The van der Waals surface area contributed by atoms with Gasteiger partial charge in [0.2, 0.25) is 5.91 Å². The average Bonchev–Trinajstić information content (AvgIpc) is 3.36. The van der Waals surface area contributed by atoms with E-state index >= 15 is 0 Å². The molecule has 3 atom stereocenters. The summed E-state index contributed by atoms with van der Waals surface area (Å²) in [6.07, 6.45) is 0.310. The molecule has 0 radical (unpaired) electrons. The maximum absolute atomic E-state index is 13.7. The van der Waals surface area contributed by atoms with Crippen molar-refractivity contribution in [1.82, 2.24) is 19.9 Å². The predicted octanol–water partition coefficient (Wildman–Crippen LogP) is 1.60. The molecule has 10 nitrogen and oxygen atoms in total. The van der Waals surface area contributed by atoms with Crippen molar-refractivity contribution in [3.05, 3.63) is 83.7 Å². The minimum Gasteiger partial charge on any atom is -0.451 e. The lowest BCUT2D eigenvalue weighted by molar-refractivity contribution is -0.164. The first-order chi connectivity index (χ1) is 16.8. The number of ether oxygens (including phenoxy) is 1. The lowest BCUT2D eigenvalue weighted by atomic mass is 9.95. The number of hydrogen-bond acceptors (Lipinski definition) is 8. The maximum atomic E-state index is 13.7. The Bertz CT molecular complexity index is 1390. The first-order valence-electron chi connectivity index (χ1n) is 10.9. The van der Waals surface area contributed by atoms with Crippen molar-refractivity contribution < 1.29 is 22.7 Å². The molecule has 2 saturated heterocycles. The molecule has 0 aliphatic carbocycles. The second-order valence-electron chi connectivity index (χ2n) is 8.77. The molecule has 1 amide bonds. The second kappa shape index (κ2) is 8.32. The minimum absolute atomic E-state index is 0.00990. The Morgan fingerprint density at radius 2 is 1.77 bits per heavy atom. The quantitative estimate of drug-likeness (QED) is 0.375. The molecule has 2 fully saturated rings. The van der Waals surface area contributed by atoms with Crippen LogP contribution in [0.25, 0.3) is 0 Å². The Kier molecular flexibility index (Phi) is 5.40. The second-order valence-corrected chi connectivity index (χ2v) is 11.3. The summed E-state index contributed by atoms with van der Waals surface area (Å²) in [7, 11) is -3.98. The fourth-order valence-electron chi connectivity index (χ4n) is 4.78. The standard InChI is InChI=1S/C24H21N5O5S/c1-24(15-28-14-18(13-25)26-27-28)22(29-19(30)12-20(29)35(24,32)33)23(31)34-21(16-8-4-2-5-9-16)17-10-6-3-7-11-17/h2-11,14,20-22H,12,15H2,1H3/t20-,22+,24+/m1/s1. The van der Waals surface area contributed by atoms with Crippen LogP contribution in [-0.2, 0) is 30.7 Å². The van der Waals surface area contributed by atoms with E-state index in [1.807, 2.05) is 66.7 Å². The summed E-state index contributed by atoms with van der Waals surface area (Å²) in [4.78, 5) is 27.3. The highest BCUT2D eigenvalue weighted by Gasteiger charge is 2.70. The van der Waals surface area contributed by atoms with Crippen LogP contribution in [0.4, 0.5) is 0 Å². The van der Waals surface area contributed by atoms with Gasteiger partial charge in [-0.25, -0.2) is 17.9 Å². The highest BCUT2D eigenvalue weighted by molar-refractivity contribution is 7.93. The molecule has 178 valence electrons. The number of amides is 1. The van der Waals surface area contributed by atoms with Gasteiger partial charge in [0, 0.05) is 0 Å². The number of fused-ring (bicyclic) bond motifs is 1. The van der Waals surface area contributed by atoms with Crippen LogP contribution in [-0.4, -0.2) is 56.4 Å². The predicted molar refractivity (Wildman–Crippen MR) is 122 cm³/mol. The normalized spacial score (nSPS) is 24.5. The van der Waals surface area contributed by atoms with Crippen molar-refractivity contribution in [2.24, 2.45) is 0 Å². The van der Waals surface area contributed by atoms with Crippen molar-refractivity contribution in [1.29, 1.82) is 5.26 Å². The fraction of sp³-hybridized carbons (Fsp3) is 0.292. The lowest BCUT2D eigenvalue weighted by Gasteiger charge is -2.37. The van der Waals surface area contributed by atoms with Gasteiger partial charge in [0.1, 0.15) is 16.2 Å². The van der Waals surface area contributed by atoms with Gasteiger partial charge in [-0.05, 0) is 18.1 Å². The molecule has 0 unspecified atom stereocenters. The van der Waals surface area contributed by atoms with Crippen molar-refractivity contribution in [3.8, 4) is 6.07 Å². The van der Waals surface area contributed by atoms with Gasteiger partial charge in [-0.2, -0.15) is 5.26 Å². The van der Waals surface area contributed by atoms with Crippen LogP contribution in [0.15, 0.2) is 66.9 Å². The third-order valence-electron chi connectivity index (χ3n) is 6.60.